The number of carboxylic acids is 1. The fourth-order valence-corrected chi connectivity index (χ4v) is 4.18. The minimum atomic E-state index is -1.05. The molecular weight excluding hydrogens is 412 g/mol. The number of carbonyl (C=O) groups is 4. The minimum absolute atomic E-state index is 0.184. The largest absolute Gasteiger partial charge is 0.480 e. The van der Waals surface area contributed by atoms with Gasteiger partial charge in [0.25, 0.3) is 0 Å². The van der Waals surface area contributed by atoms with Crippen molar-refractivity contribution in [3.8, 4) is 0 Å². The molecule has 0 saturated carbocycles. The van der Waals surface area contributed by atoms with Gasteiger partial charge in [0.15, 0.2) is 0 Å². The number of likely N-dealkylation sites (tertiary alicyclic amines) is 1. The lowest BCUT2D eigenvalue weighted by molar-refractivity contribution is -0.148. The Morgan fingerprint density at radius 1 is 1.09 bits per heavy atom. The van der Waals surface area contributed by atoms with Crippen molar-refractivity contribution in [3.63, 3.8) is 0 Å². The molecule has 32 heavy (non-hydrogen) atoms. The Labute approximate surface area is 185 Å². The molecule has 9 heteroatoms. The second kappa shape index (κ2) is 9.09. The van der Waals surface area contributed by atoms with Crippen LogP contribution in [0.4, 0.5) is 16.2 Å². The molecule has 0 radical (unpaired) electrons. The Balaban J connectivity index is 1.59. The van der Waals surface area contributed by atoms with Crippen molar-refractivity contribution < 1.29 is 24.3 Å². The highest BCUT2D eigenvalue weighted by Gasteiger charge is 2.38. The topological polar surface area (TPSA) is 119 Å². The summed E-state index contributed by atoms with van der Waals surface area (Å²) in [6, 6.07) is 13.7. The number of anilines is 2. The zero-order valence-corrected chi connectivity index (χ0v) is 17.4. The molecule has 0 aliphatic carbocycles. The number of aliphatic carboxylic acids is 1. The van der Waals surface area contributed by atoms with E-state index < -0.39 is 30.0 Å². The van der Waals surface area contributed by atoms with E-state index in [4.69, 9.17) is 0 Å². The van der Waals surface area contributed by atoms with Crippen LogP contribution in [0.2, 0.25) is 0 Å². The highest BCUT2D eigenvalue weighted by atomic mass is 16.4. The van der Waals surface area contributed by atoms with Crippen LogP contribution in [0.1, 0.15) is 18.4 Å². The Kier molecular flexibility index (Phi) is 6.07. The first kappa shape index (κ1) is 21.4. The van der Waals surface area contributed by atoms with Gasteiger partial charge < -0.3 is 20.6 Å². The number of hydrogen-bond donors (Lipinski definition) is 3. The molecule has 0 bridgehead atoms. The number of amides is 4. The molecule has 2 aliphatic rings. The molecule has 2 aromatic rings. The number of nitrogens with one attached hydrogen (secondary N) is 2. The Bertz CT molecular complexity index is 1040. The zero-order chi connectivity index (χ0) is 22.7. The van der Waals surface area contributed by atoms with Crippen LogP contribution in [-0.4, -0.2) is 59.0 Å². The molecule has 0 spiro atoms. The smallest absolute Gasteiger partial charge is 0.326 e. The van der Waals surface area contributed by atoms with Gasteiger partial charge in [-0.15, -0.1) is 0 Å². The van der Waals surface area contributed by atoms with Crippen molar-refractivity contribution in [3.05, 3.63) is 60.2 Å². The molecule has 2 aliphatic heterocycles. The van der Waals surface area contributed by atoms with Gasteiger partial charge in [-0.1, -0.05) is 42.5 Å². The number of rotatable bonds is 5. The predicted molar refractivity (Wildman–Crippen MR) is 117 cm³/mol. The molecule has 2 atom stereocenters. The average molecular weight is 436 g/mol. The first-order chi connectivity index (χ1) is 15.4. The van der Waals surface area contributed by atoms with Gasteiger partial charge in [-0.3, -0.25) is 14.5 Å². The highest BCUT2D eigenvalue weighted by Crippen LogP contribution is 2.29. The second-order valence-electron chi connectivity index (χ2n) is 7.87. The summed E-state index contributed by atoms with van der Waals surface area (Å²) in [6.07, 6.45) is 1.18. The van der Waals surface area contributed by atoms with Gasteiger partial charge in [0, 0.05) is 13.0 Å². The van der Waals surface area contributed by atoms with Crippen molar-refractivity contribution >= 4 is 35.2 Å². The zero-order valence-electron chi connectivity index (χ0n) is 17.4. The van der Waals surface area contributed by atoms with E-state index in [0.29, 0.717) is 30.8 Å². The number of nitrogens with zero attached hydrogens (tertiary/aromatic N) is 2. The van der Waals surface area contributed by atoms with Crippen LogP contribution in [0, 0.1) is 0 Å². The lowest BCUT2D eigenvalue weighted by Crippen LogP contribution is -2.56. The van der Waals surface area contributed by atoms with Crippen LogP contribution in [0.3, 0.4) is 0 Å². The normalized spacial score (nSPS) is 18.5. The monoisotopic (exact) mass is 436 g/mol. The molecule has 166 valence electrons. The summed E-state index contributed by atoms with van der Waals surface area (Å²) in [5.74, 6) is -1.83. The van der Waals surface area contributed by atoms with E-state index in [1.807, 2.05) is 30.3 Å². The predicted octanol–water partition coefficient (Wildman–Crippen LogP) is 1.84. The van der Waals surface area contributed by atoms with E-state index in [1.54, 1.807) is 24.3 Å². The maximum Gasteiger partial charge on any atom is 0.326 e. The van der Waals surface area contributed by atoms with Crippen LogP contribution >= 0.6 is 0 Å². The molecule has 9 nitrogen and oxygen atoms in total. The fraction of sp³-hybridized carbons (Fsp3) is 0.304. The number of urea groups is 1. The molecule has 1 fully saturated rings. The maximum atomic E-state index is 13.3. The van der Waals surface area contributed by atoms with Gasteiger partial charge in [0.05, 0.1) is 11.4 Å². The Morgan fingerprint density at radius 2 is 1.81 bits per heavy atom. The quantitative estimate of drug-likeness (QED) is 0.661. The van der Waals surface area contributed by atoms with Crippen molar-refractivity contribution in [2.45, 2.75) is 31.3 Å². The maximum absolute atomic E-state index is 13.3. The molecule has 3 N–H and O–H groups in total. The van der Waals surface area contributed by atoms with Crippen LogP contribution in [0.5, 0.6) is 0 Å². The molecule has 0 unspecified atom stereocenters. The number of hydrogen-bond acceptors (Lipinski definition) is 4. The summed E-state index contributed by atoms with van der Waals surface area (Å²) in [5.41, 5.74) is 1.87. The number of para-hydroxylation sites is 2. The lowest BCUT2D eigenvalue weighted by Gasteiger charge is -2.32. The molecular formula is C23H24N4O5. The van der Waals surface area contributed by atoms with Gasteiger partial charge >= 0.3 is 12.0 Å². The van der Waals surface area contributed by atoms with Crippen LogP contribution in [0.25, 0.3) is 0 Å². The van der Waals surface area contributed by atoms with E-state index in [9.17, 15) is 24.3 Å². The van der Waals surface area contributed by atoms with E-state index >= 15 is 0 Å². The summed E-state index contributed by atoms with van der Waals surface area (Å²) < 4.78 is 0. The third kappa shape index (κ3) is 4.41. The number of benzene rings is 2. The van der Waals surface area contributed by atoms with Gasteiger partial charge in [-0.05, 0) is 30.5 Å². The molecule has 4 amide bonds. The van der Waals surface area contributed by atoms with Gasteiger partial charge in [-0.2, -0.15) is 0 Å². The van der Waals surface area contributed by atoms with Gasteiger partial charge in [-0.25, -0.2) is 9.59 Å². The van der Waals surface area contributed by atoms with E-state index in [0.717, 1.165) is 5.56 Å². The minimum Gasteiger partial charge on any atom is -0.480 e. The van der Waals surface area contributed by atoms with Crippen molar-refractivity contribution in [1.29, 1.82) is 0 Å². The highest BCUT2D eigenvalue weighted by molar-refractivity contribution is 6.10. The average Bonchev–Trinajstić information content (AvgIpc) is 3.28. The fourth-order valence-electron chi connectivity index (χ4n) is 4.18. The number of fused-ring (bicyclic) bond motifs is 1. The molecule has 1 saturated heterocycles. The second-order valence-corrected chi connectivity index (χ2v) is 7.87. The van der Waals surface area contributed by atoms with Crippen LogP contribution < -0.4 is 15.5 Å². The van der Waals surface area contributed by atoms with E-state index in [1.165, 1.54) is 9.80 Å². The van der Waals surface area contributed by atoms with Crippen LogP contribution in [-0.2, 0) is 20.8 Å². The van der Waals surface area contributed by atoms with Crippen molar-refractivity contribution in [2.24, 2.45) is 0 Å². The number of carboxylic acid groups (broad SMARTS) is 1. The molecule has 0 aromatic heterocycles. The van der Waals surface area contributed by atoms with Crippen LogP contribution in [0.15, 0.2) is 54.6 Å². The van der Waals surface area contributed by atoms with Crippen molar-refractivity contribution in [2.75, 3.05) is 23.3 Å². The summed E-state index contributed by atoms with van der Waals surface area (Å²) in [4.78, 5) is 52.9. The SMILES string of the molecule is O=C1CN(C(=O)N[C@@H](Cc2ccccc2)C(=O)N2CCC[C@@H]2C(=O)O)c2ccccc2N1. The lowest BCUT2D eigenvalue weighted by atomic mass is 10.0. The Hall–Kier alpha value is -3.88. The van der Waals surface area contributed by atoms with Gasteiger partial charge in [0.2, 0.25) is 11.8 Å². The first-order valence-corrected chi connectivity index (χ1v) is 10.5. The summed E-state index contributed by atoms with van der Waals surface area (Å²) in [7, 11) is 0. The third-order valence-corrected chi connectivity index (χ3v) is 5.72. The van der Waals surface area contributed by atoms with E-state index in [-0.39, 0.29) is 18.9 Å². The molecule has 2 aromatic carbocycles. The molecule has 2 heterocycles. The first-order valence-electron chi connectivity index (χ1n) is 10.5. The summed E-state index contributed by atoms with van der Waals surface area (Å²) >= 11 is 0. The van der Waals surface area contributed by atoms with Gasteiger partial charge in [0.1, 0.15) is 18.6 Å². The van der Waals surface area contributed by atoms with Crippen molar-refractivity contribution in [1.82, 2.24) is 10.2 Å². The summed E-state index contributed by atoms with van der Waals surface area (Å²) in [5, 5.41) is 15.0. The summed E-state index contributed by atoms with van der Waals surface area (Å²) in [6.45, 7) is 0.141. The number of carbonyl (C=O) groups excluding carboxylic acids is 3. The molecule has 4 rings (SSSR count). The van der Waals surface area contributed by atoms with E-state index in [2.05, 4.69) is 10.6 Å². The Morgan fingerprint density at radius 3 is 2.56 bits per heavy atom. The standard InChI is InChI=1S/C23H24N4O5/c28-20-14-27(18-10-5-4-9-16(18)24-20)23(32)25-17(13-15-7-2-1-3-8-15)21(29)26-12-6-11-19(26)22(30)31/h1-5,7-10,17,19H,6,11-14H2,(H,24,28)(H,25,32)(H,30,31)/t17-,19+/m0/s1. The third-order valence-electron chi connectivity index (χ3n) is 5.72.